The molecule has 0 aliphatic rings. The van der Waals surface area contributed by atoms with Crippen LogP contribution in [0.4, 0.5) is 21.9 Å². The Morgan fingerprint density at radius 2 is 1.90 bits per heavy atom. The van der Waals surface area contributed by atoms with Crippen LogP contribution < -0.4 is 10.6 Å². The molecule has 2 aromatic carbocycles. The van der Waals surface area contributed by atoms with Gasteiger partial charge in [-0.3, -0.25) is 0 Å². The normalized spacial score (nSPS) is 9.45. The fourth-order valence-corrected chi connectivity index (χ4v) is 1.77. The van der Waals surface area contributed by atoms with Gasteiger partial charge in [-0.2, -0.15) is 4.99 Å². The van der Waals surface area contributed by atoms with Gasteiger partial charge in [0.1, 0.15) is 0 Å². The molecule has 0 radical (unpaired) electrons. The second-order valence-electron chi connectivity index (χ2n) is 3.81. The highest BCUT2D eigenvalue weighted by Gasteiger charge is 2.06. The Hall–Kier alpha value is -2.62. The third-order valence-electron chi connectivity index (χ3n) is 2.40. The molecule has 5 nitrogen and oxygen atoms in total. The summed E-state index contributed by atoms with van der Waals surface area (Å²) in [6.07, 6.45) is 1.44. The lowest BCUT2D eigenvalue weighted by molar-refractivity contribution is 0.262. The van der Waals surface area contributed by atoms with E-state index in [4.69, 9.17) is 11.6 Å². The van der Waals surface area contributed by atoms with Crippen LogP contribution in [0.1, 0.15) is 0 Å². The Bertz CT molecular complexity index is 682. The minimum Gasteiger partial charge on any atom is -0.308 e. The van der Waals surface area contributed by atoms with Crippen LogP contribution in [0.15, 0.2) is 53.5 Å². The number of carbonyl (C=O) groups excluding carboxylic acids is 2. The number of benzene rings is 2. The Kier molecular flexibility index (Phi) is 4.50. The fourth-order valence-electron chi connectivity index (χ4n) is 1.58. The molecule has 2 N–H and O–H groups in total. The number of rotatable bonds is 3. The first kappa shape index (κ1) is 13.8. The molecule has 6 heteroatoms. The minimum atomic E-state index is -0.458. The maximum absolute atomic E-state index is 11.8. The molecule has 0 spiro atoms. The van der Waals surface area contributed by atoms with Crippen molar-refractivity contribution in [2.24, 2.45) is 4.99 Å². The van der Waals surface area contributed by atoms with E-state index in [9.17, 15) is 9.59 Å². The van der Waals surface area contributed by atoms with E-state index in [1.54, 1.807) is 48.5 Å². The molecule has 0 fully saturated rings. The first-order valence-electron chi connectivity index (χ1n) is 5.69. The van der Waals surface area contributed by atoms with E-state index in [0.717, 1.165) is 0 Å². The van der Waals surface area contributed by atoms with Gasteiger partial charge >= 0.3 is 6.03 Å². The minimum absolute atomic E-state index is 0.337. The smallest absolute Gasteiger partial charge is 0.308 e. The van der Waals surface area contributed by atoms with E-state index in [1.165, 1.54) is 6.08 Å². The maximum Gasteiger partial charge on any atom is 0.323 e. The summed E-state index contributed by atoms with van der Waals surface area (Å²) in [5.41, 5.74) is 1.31. The molecule has 0 saturated heterocycles. The molecule has 20 heavy (non-hydrogen) atoms. The molecular formula is C14H10ClN3O2. The number of nitrogens with one attached hydrogen (secondary N) is 2. The van der Waals surface area contributed by atoms with Crippen LogP contribution in [0.5, 0.6) is 0 Å². The SMILES string of the molecule is O=C=Nc1ccccc1NC(=O)Nc1cccc(Cl)c1. The number of aliphatic imine (C=N–C) groups is 1. The summed E-state index contributed by atoms with van der Waals surface area (Å²) in [5, 5.41) is 5.75. The Morgan fingerprint density at radius 3 is 2.65 bits per heavy atom. The van der Waals surface area contributed by atoms with Gasteiger partial charge in [0.15, 0.2) is 0 Å². The number of hydrogen-bond donors (Lipinski definition) is 2. The lowest BCUT2D eigenvalue weighted by Gasteiger charge is -2.09. The van der Waals surface area contributed by atoms with Crippen molar-refractivity contribution in [3.05, 3.63) is 53.6 Å². The van der Waals surface area contributed by atoms with Gasteiger partial charge in [-0.15, -0.1) is 0 Å². The van der Waals surface area contributed by atoms with E-state index in [1.807, 2.05) is 0 Å². The maximum atomic E-state index is 11.8. The quantitative estimate of drug-likeness (QED) is 0.663. The molecule has 0 aromatic heterocycles. The molecule has 0 aliphatic carbocycles. The van der Waals surface area contributed by atoms with Gasteiger partial charge < -0.3 is 10.6 Å². The van der Waals surface area contributed by atoms with E-state index in [2.05, 4.69) is 15.6 Å². The third kappa shape index (κ3) is 3.68. The van der Waals surface area contributed by atoms with Gasteiger partial charge in [-0.1, -0.05) is 29.8 Å². The van der Waals surface area contributed by atoms with Crippen LogP contribution in [0.2, 0.25) is 5.02 Å². The predicted octanol–water partition coefficient (Wildman–Crippen LogP) is 3.95. The van der Waals surface area contributed by atoms with Gasteiger partial charge in [-0.05, 0) is 30.3 Å². The van der Waals surface area contributed by atoms with Gasteiger partial charge in [0.05, 0.1) is 11.4 Å². The van der Waals surface area contributed by atoms with Crippen molar-refractivity contribution >= 4 is 40.8 Å². The van der Waals surface area contributed by atoms with Gasteiger partial charge in [-0.25, -0.2) is 9.59 Å². The zero-order valence-electron chi connectivity index (χ0n) is 10.3. The first-order valence-corrected chi connectivity index (χ1v) is 6.07. The zero-order chi connectivity index (χ0) is 14.4. The Balaban J connectivity index is 2.10. The number of carbonyl (C=O) groups is 1. The number of para-hydroxylation sites is 2. The van der Waals surface area contributed by atoms with Crippen molar-refractivity contribution in [2.75, 3.05) is 10.6 Å². The van der Waals surface area contributed by atoms with Crippen molar-refractivity contribution in [2.45, 2.75) is 0 Å². The van der Waals surface area contributed by atoms with Gasteiger partial charge in [0, 0.05) is 10.7 Å². The highest BCUT2D eigenvalue weighted by atomic mass is 35.5. The summed E-state index contributed by atoms with van der Waals surface area (Å²) >= 11 is 5.83. The molecular weight excluding hydrogens is 278 g/mol. The molecule has 0 saturated carbocycles. The number of nitrogens with zero attached hydrogens (tertiary/aromatic N) is 1. The summed E-state index contributed by atoms with van der Waals surface area (Å²) in [5.74, 6) is 0. The molecule has 2 aromatic rings. The summed E-state index contributed by atoms with van der Waals surface area (Å²) in [6.45, 7) is 0. The molecule has 2 amide bonds. The van der Waals surface area contributed by atoms with Gasteiger partial charge in [0.25, 0.3) is 0 Å². The fraction of sp³-hybridized carbons (Fsp3) is 0. The number of halogens is 1. The van der Waals surface area contributed by atoms with E-state index in [-0.39, 0.29) is 0 Å². The molecule has 2 rings (SSSR count). The van der Waals surface area contributed by atoms with Crippen LogP contribution in [-0.2, 0) is 4.79 Å². The standard InChI is InChI=1S/C14H10ClN3O2/c15-10-4-3-5-11(8-10)17-14(20)18-13-7-2-1-6-12(13)16-9-19/h1-8H,(H2,17,18,20). The molecule has 100 valence electrons. The number of urea groups is 1. The number of isocyanates is 1. The second kappa shape index (κ2) is 6.52. The van der Waals surface area contributed by atoms with Crippen molar-refractivity contribution in [1.29, 1.82) is 0 Å². The summed E-state index contributed by atoms with van der Waals surface area (Å²) in [7, 11) is 0. The number of amides is 2. The largest absolute Gasteiger partial charge is 0.323 e. The van der Waals surface area contributed by atoms with Crippen LogP contribution >= 0.6 is 11.6 Å². The summed E-state index contributed by atoms with van der Waals surface area (Å²) in [6, 6.07) is 13.0. The Labute approximate surface area is 120 Å². The van der Waals surface area contributed by atoms with Crippen molar-refractivity contribution in [3.8, 4) is 0 Å². The third-order valence-corrected chi connectivity index (χ3v) is 2.64. The lowest BCUT2D eigenvalue weighted by atomic mass is 10.2. The number of anilines is 2. The topological polar surface area (TPSA) is 70.6 Å². The van der Waals surface area contributed by atoms with E-state index in [0.29, 0.717) is 22.1 Å². The Morgan fingerprint density at radius 1 is 1.10 bits per heavy atom. The molecule has 0 unspecified atom stereocenters. The van der Waals surface area contributed by atoms with Crippen molar-refractivity contribution < 1.29 is 9.59 Å². The van der Waals surface area contributed by atoms with Crippen LogP contribution in [0.25, 0.3) is 0 Å². The average Bonchev–Trinajstić information content (AvgIpc) is 2.41. The van der Waals surface area contributed by atoms with E-state index >= 15 is 0 Å². The highest BCUT2D eigenvalue weighted by Crippen LogP contribution is 2.24. The lowest BCUT2D eigenvalue weighted by Crippen LogP contribution is -2.19. The molecule has 0 heterocycles. The zero-order valence-corrected chi connectivity index (χ0v) is 11.0. The molecule has 0 bridgehead atoms. The van der Waals surface area contributed by atoms with Crippen LogP contribution in [0, 0.1) is 0 Å². The van der Waals surface area contributed by atoms with Crippen molar-refractivity contribution in [1.82, 2.24) is 0 Å². The summed E-state index contributed by atoms with van der Waals surface area (Å²) < 4.78 is 0. The van der Waals surface area contributed by atoms with Crippen LogP contribution in [0.3, 0.4) is 0 Å². The highest BCUT2D eigenvalue weighted by molar-refractivity contribution is 6.30. The second-order valence-corrected chi connectivity index (χ2v) is 4.25. The monoisotopic (exact) mass is 287 g/mol. The van der Waals surface area contributed by atoms with Crippen molar-refractivity contribution in [3.63, 3.8) is 0 Å². The van der Waals surface area contributed by atoms with Crippen LogP contribution in [-0.4, -0.2) is 12.1 Å². The molecule has 0 atom stereocenters. The number of hydrogen-bond acceptors (Lipinski definition) is 3. The molecule has 0 aliphatic heterocycles. The first-order chi connectivity index (χ1) is 9.69. The van der Waals surface area contributed by atoms with E-state index < -0.39 is 6.03 Å². The summed E-state index contributed by atoms with van der Waals surface area (Å²) in [4.78, 5) is 25.7. The van der Waals surface area contributed by atoms with Gasteiger partial charge in [0.2, 0.25) is 6.08 Å². The average molecular weight is 288 g/mol. The predicted molar refractivity (Wildman–Crippen MR) is 78.3 cm³/mol.